The molecule has 3 rings (SSSR count). The standard InChI is InChI=1S/C12H10ClN7S/c13-7-1-3-8(4-2-7)20-11-9(5-17-20)10(15-6-16-11)18-19-12(14)21/h1-6H,(H3,14,19,21)(H,15,16,18). The normalized spacial score (nSPS) is 10.5. The van der Waals surface area contributed by atoms with Crippen LogP contribution >= 0.6 is 23.8 Å². The van der Waals surface area contributed by atoms with Crippen molar-refractivity contribution in [2.45, 2.75) is 0 Å². The predicted octanol–water partition coefficient (Wildman–Crippen LogP) is 1.63. The lowest BCUT2D eigenvalue weighted by molar-refractivity contribution is 0.895. The Morgan fingerprint density at radius 2 is 2.00 bits per heavy atom. The molecule has 0 saturated heterocycles. The van der Waals surface area contributed by atoms with Gasteiger partial charge in [0.15, 0.2) is 16.6 Å². The van der Waals surface area contributed by atoms with Crippen molar-refractivity contribution in [3.63, 3.8) is 0 Å². The molecular weight excluding hydrogens is 310 g/mol. The number of hydrogen-bond donors (Lipinski definition) is 3. The van der Waals surface area contributed by atoms with E-state index < -0.39 is 0 Å². The Kier molecular flexibility index (Phi) is 3.55. The van der Waals surface area contributed by atoms with Crippen LogP contribution in [0.1, 0.15) is 0 Å². The quantitative estimate of drug-likeness (QED) is 0.499. The van der Waals surface area contributed by atoms with E-state index >= 15 is 0 Å². The Hall–Kier alpha value is -2.45. The molecule has 0 spiro atoms. The summed E-state index contributed by atoms with van der Waals surface area (Å²) in [4.78, 5) is 8.38. The van der Waals surface area contributed by atoms with Gasteiger partial charge in [0.05, 0.1) is 17.3 Å². The van der Waals surface area contributed by atoms with Gasteiger partial charge in [0, 0.05) is 5.02 Å². The van der Waals surface area contributed by atoms with Crippen molar-refractivity contribution in [3.8, 4) is 5.69 Å². The molecule has 0 amide bonds. The van der Waals surface area contributed by atoms with Gasteiger partial charge in [0.1, 0.15) is 6.33 Å². The molecule has 7 nitrogen and oxygen atoms in total. The number of benzene rings is 1. The van der Waals surface area contributed by atoms with Gasteiger partial charge < -0.3 is 5.73 Å². The van der Waals surface area contributed by atoms with E-state index in [-0.39, 0.29) is 5.11 Å². The molecule has 4 N–H and O–H groups in total. The molecule has 0 unspecified atom stereocenters. The van der Waals surface area contributed by atoms with Crippen LogP contribution in [-0.2, 0) is 0 Å². The maximum absolute atomic E-state index is 5.89. The number of fused-ring (bicyclic) bond motifs is 1. The lowest BCUT2D eigenvalue weighted by atomic mass is 10.3. The summed E-state index contributed by atoms with van der Waals surface area (Å²) in [6, 6.07) is 7.30. The molecule has 0 radical (unpaired) electrons. The Morgan fingerprint density at radius 3 is 2.71 bits per heavy atom. The van der Waals surface area contributed by atoms with Gasteiger partial charge in [0.25, 0.3) is 0 Å². The summed E-state index contributed by atoms with van der Waals surface area (Å²) < 4.78 is 1.69. The van der Waals surface area contributed by atoms with Crippen LogP contribution < -0.4 is 16.6 Å². The molecule has 0 saturated carbocycles. The SMILES string of the molecule is NC(=S)NNc1ncnc2c1cnn2-c1ccc(Cl)cc1. The largest absolute Gasteiger partial charge is 0.375 e. The zero-order chi connectivity index (χ0) is 14.8. The van der Waals surface area contributed by atoms with Crippen LogP contribution in [0.25, 0.3) is 16.7 Å². The van der Waals surface area contributed by atoms with Crippen LogP contribution in [0.2, 0.25) is 5.02 Å². The van der Waals surface area contributed by atoms with Gasteiger partial charge in [-0.1, -0.05) is 11.6 Å². The second kappa shape index (κ2) is 5.51. The van der Waals surface area contributed by atoms with Crippen molar-refractivity contribution < 1.29 is 0 Å². The van der Waals surface area contributed by atoms with Crippen LogP contribution in [-0.4, -0.2) is 24.9 Å². The minimum Gasteiger partial charge on any atom is -0.375 e. The molecule has 0 aliphatic carbocycles. The highest BCUT2D eigenvalue weighted by molar-refractivity contribution is 7.80. The number of hydrogen-bond acceptors (Lipinski definition) is 5. The van der Waals surface area contributed by atoms with E-state index in [0.29, 0.717) is 16.5 Å². The third-order valence-electron chi connectivity index (χ3n) is 2.74. The Morgan fingerprint density at radius 1 is 1.24 bits per heavy atom. The van der Waals surface area contributed by atoms with Crippen LogP contribution in [0.15, 0.2) is 36.8 Å². The van der Waals surface area contributed by atoms with Crippen molar-refractivity contribution in [3.05, 3.63) is 41.8 Å². The summed E-state index contributed by atoms with van der Waals surface area (Å²) in [5, 5.41) is 5.83. The molecule has 0 bridgehead atoms. The van der Waals surface area contributed by atoms with E-state index in [1.54, 1.807) is 23.0 Å². The zero-order valence-electron chi connectivity index (χ0n) is 10.6. The second-order valence-corrected chi connectivity index (χ2v) is 4.98. The van der Waals surface area contributed by atoms with Crippen LogP contribution in [0.5, 0.6) is 0 Å². The molecule has 0 fully saturated rings. The minimum atomic E-state index is 0.117. The van der Waals surface area contributed by atoms with E-state index in [1.165, 1.54) is 6.33 Å². The first-order chi connectivity index (χ1) is 10.1. The number of rotatable bonds is 3. The minimum absolute atomic E-state index is 0.117. The molecule has 0 aliphatic heterocycles. The van der Waals surface area contributed by atoms with Gasteiger partial charge in [-0.15, -0.1) is 0 Å². The fourth-order valence-corrected chi connectivity index (χ4v) is 2.01. The van der Waals surface area contributed by atoms with Crippen LogP contribution in [0.3, 0.4) is 0 Å². The van der Waals surface area contributed by atoms with E-state index in [4.69, 9.17) is 29.6 Å². The Labute approximate surface area is 130 Å². The number of hydrazine groups is 1. The average Bonchev–Trinajstić information content (AvgIpc) is 2.90. The van der Waals surface area contributed by atoms with E-state index in [9.17, 15) is 0 Å². The third-order valence-corrected chi connectivity index (χ3v) is 3.10. The van der Waals surface area contributed by atoms with Gasteiger partial charge in [0.2, 0.25) is 0 Å². The van der Waals surface area contributed by atoms with Crippen LogP contribution in [0, 0.1) is 0 Å². The number of nitrogens with zero attached hydrogens (tertiary/aromatic N) is 4. The summed E-state index contributed by atoms with van der Waals surface area (Å²) in [6.07, 6.45) is 3.09. The molecule has 0 aliphatic rings. The molecule has 2 heterocycles. The summed E-state index contributed by atoms with van der Waals surface area (Å²) in [6.45, 7) is 0. The van der Waals surface area contributed by atoms with Gasteiger partial charge in [-0.25, -0.2) is 14.6 Å². The third kappa shape index (κ3) is 2.71. The first-order valence-electron chi connectivity index (χ1n) is 5.91. The van der Waals surface area contributed by atoms with E-state index in [1.807, 2.05) is 12.1 Å². The van der Waals surface area contributed by atoms with Crippen LogP contribution in [0.4, 0.5) is 5.82 Å². The zero-order valence-corrected chi connectivity index (χ0v) is 12.2. The fourth-order valence-electron chi connectivity index (χ4n) is 1.84. The number of thiocarbonyl (C=S) groups is 1. The molecule has 0 atom stereocenters. The van der Waals surface area contributed by atoms with E-state index in [0.717, 1.165) is 11.1 Å². The number of nitrogens with one attached hydrogen (secondary N) is 2. The van der Waals surface area contributed by atoms with Gasteiger partial charge in [-0.3, -0.25) is 10.9 Å². The Bertz CT molecular complexity index is 799. The number of nitrogens with two attached hydrogens (primary N) is 1. The maximum Gasteiger partial charge on any atom is 0.182 e. The topological polar surface area (TPSA) is 93.7 Å². The highest BCUT2D eigenvalue weighted by atomic mass is 35.5. The molecule has 9 heteroatoms. The molecule has 106 valence electrons. The van der Waals surface area contributed by atoms with Crippen molar-refractivity contribution in [1.29, 1.82) is 0 Å². The summed E-state index contributed by atoms with van der Waals surface area (Å²) in [5.74, 6) is 0.535. The van der Waals surface area contributed by atoms with Gasteiger partial charge in [-0.2, -0.15) is 5.10 Å². The summed E-state index contributed by atoms with van der Waals surface area (Å²) in [7, 11) is 0. The Balaban J connectivity index is 2.04. The van der Waals surface area contributed by atoms with E-state index in [2.05, 4.69) is 25.9 Å². The number of anilines is 1. The summed E-state index contributed by atoms with van der Waals surface area (Å²) in [5.41, 5.74) is 12.3. The number of aromatic nitrogens is 4. The first kappa shape index (κ1) is 13.5. The maximum atomic E-state index is 5.89. The predicted molar refractivity (Wildman–Crippen MR) is 85.2 cm³/mol. The van der Waals surface area contributed by atoms with Crippen molar-refractivity contribution in [1.82, 2.24) is 25.2 Å². The smallest absolute Gasteiger partial charge is 0.182 e. The fraction of sp³-hybridized carbons (Fsp3) is 0. The molecular formula is C12H10ClN7S. The number of halogens is 1. The van der Waals surface area contributed by atoms with Gasteiger partial charge >= 0.3 is 0 Å². The molecule has 21 heavy (non-hydrogen) atoms. The van der Waals surface area contributed by atoms with Gasteiger partial charge in [-0.05, 0) is 36.5 Å². The highest BCUT2D eigenvalue weighted by Gasteiger charge is 2.10. The van der Waals surface area contributed by atoms with Crippen molar-refractivity contribution in [2.75, 3.05) is 5.43 Å². The lowest BCUT2D eigenvalue weighted by Gasteiger charge is -2.07. The summed E-state index contributed by atoms with van der Waals surface area (Å²) >= 11 is 10.6. The van der Waals surface area contributed by atoms with Crippen molar-refractivity contribution in [2.24, 2.45) is 5.73 Å². The molecule has 3 aromatic rings. The highest BCUT2D eigenvalue weighted by Crippen LogP contribution is 2.21. The monoisotopic (exact) mass is 319 g/mol. The first-order valence-corrected chi connectivity index (χ1v) is 6.70. The average molecular weight is 320 g/mol. The molecule has 2 aromatic heterocycles. The van der Waals surface area contributed by atoms with Crippen molar-refractivity contribution >= 4 is 45.8 Å². The molecule has 1 aromatic carbocycles. The lowest BCUT2D eigenvalue weighted by Crippen LogP contribution is -2.34. The second-order valence-electron chi connectivity index (χ2n) is 4.11.